The Morgan fingerprint density at radius 2 is 0.983 bits per heavy atom. The third kappa shape index (κ3) is 5.06. The third-order valence-electron chi connectivity index (χ3n) is 12.0. The van der Waals surface area contributed by atoms with E-state index in [1.54, 1.807) is 0 Å². The van der Waals surface area contributed by atoms with Crippen LogP contribution in [0.5, 0.6) is 0 Å². The zero-order chi connectivity index (χ0) is 39.3. The highest BCUT2D eigenvalue weighted by molar-refractivity contribution is 7.26. The Hall–Kier alpha value is -7.73. The van der Waals surface area contributed by atoms with Crippen molar-refractivity contribution in [3.8, 4) is 44.9 Å². The van der Waals surface area contributed by atoms with Gasteiger partial charge in [-0.3, -0.25) is 0 Å². The number of aromatic nitrogens is 3. The second kappa shape index (κ2) is 12.9. The zero-order valence-corrected chi connectivity index (χ0v) is 32.9. The van der Waals surface area contributed by atoms with Crippen molar-refractivity contribution in [1.29, 1.82) is 0 Å². The highest BCUT2D eigenvalue weighted by atomic mass is 32.1. The van der Waals surface area contributed by atoms with Gasteiger partial charge < -0.3 is 4.42 Å². The highest BCUT2D eigenvalue weighted by Crippen LogP contribution is 2.48. The minimum atomic E-state index is 0.874. The van der Waals surface area contributed by atoms with E-state index in [4.69, 9.17) is 19.4 Å². The van der Waals surface area contributed by atoms with E-state index >= 15 is 0 Å². The molecule has 0 saturated heterocycles. The number of benzene rings is 8. The van der Waals surface area contributed by atoms with Gasteiger partial charge in [0.1, 0.15) is 11.2 Å². The van der Waals surface area contributed by atoms with Crippen LogP contribution in [-0.2, 0) is 0 Å². The molecule has 0 radical (unpaired) electrons. The van der Waals surface area contributed by atoms with Gasteiger partial charge in [0.05, 0.1) is 33.6 Å². The van der Waals surface area contributed by atoms with Gasteiger partial charge in [-0.05, 0) is 60.2 Å². The molecule has 5 heterocycles. The van der Waals surface area contributed by atoms with Gasteiger partial charge in [0, 0.05) is 80.1 Å². The Morgan fingerprint density at radius 3 is 1.77 bits per heavy atom. The van der Waals surface area contributed by atoms with Gasteiger partial charge in [0.15, 0.2) is 0 Å². The van der Waals surface area contributed by atoms with Crippen molar-refractivity contribution >= 4 is 96.9 Å². The molecule has 13 aromatic rings. The minimum Gasteiger partial charge on any atom is -0.456 e. The van der Waals surface area contributed by atoms with Crippen LogP contribution in [0.2, 0.25) is 0 Å². The second-order valence-electron chi connectivity index (χ2n) is 15.5. The van der Waals surface area contributed by atoms with Crippen molar-refractivity contribution in [2.75, 3.05) is 0 Å². The molecule has 8 aromatic carbocycles. The average Bonchev–Trinajstić information content (AvgIpc) is 3.90. The van der Waals surface area contributed by atoms with E-state index in [2.05, 4.69) is 170 Å². The van der Waals surface area contributed by atoms with E-state index < -0.39 is 0 Å². The second-order valence-corrected chi connectivity index (χ2v) is 16.5. The van der Waals surface area contributed by atoms with Crippen LogP contribution in [-0.4, -0.2) is 15.0 Å². The van der Waals surface area contributed by atoms with Crippen LogP contribution in [0.25, 0.3) is 130 Å². The molecule has 0 unspecified atom stereocenters. The molecular weight excluding hydrogens is 751 g/mol. The van der Waals surface area contributed by atoms with E-state index in [1.165, 1.54) is 31.1 Å². The normalized spacial score (nSPS) is 12.0. The summed E-state index contributed by atoms with van der Waals surface area (Å²) in [6.45, 7) is 0. The van der Waals surface area contributed by atoms with Gasteiger partial charge >= 0.3 is 0 Å². The molecule has 0 saturated carbocycles. The summed E-state index contributed by atoms with van der Waals surface area (Å²) in [5.41, 5.74) is 12.9. The van der Waals surface area contributed by atoms with Crippen LogP contribution in [0.3, 0.4) is 0 Å². The SMILES string of the molecule is c1ccc(-c2ccc3ccc4ccc(-c5ccc(-c6cc7c(-c8ccc9oc%10ccccc%10c9c8)nc8ccccc8c7c7c6sc6ccccc67)cc5)nc4c3n2)cc1. The minimum absolute atomic E-state index is 0.874. The van der Waals surface area contributed by atoms with E-state index in [0.717, 1.165) is 99.4 Å². The molecular formula is C55H31N3OS. The van der Waals surface area contributed by atoms with Crippen molar-refractivity contribution < 1.29 is 4.42 Å². The molecule has 0 aliphatic carbocycles. The molecule has 5 heteroatoms. The number of hydrogen-bond acceptors (Lipinski definition) is 5. The molecule has 0 fully saturated rings. The van der Waals surface area contributed by atoms with Crippen molar-refractivity contribution in [1.82, 2.24) is 15.0 Å². The molecule has 60 heavy (non-hydrogen) atoms. The van der Waals surface area contributed by atoms with Gasteiger partial charge in [0.2, 0.25) is 0 Å². The third-order valence-corrected chi connectivity index (χ3v) is 13.2. The first-order chi connectivity index (χ1) is 29.7. The predicted octanol–water partition coefficient (Wildman–Crippen LogP) is 15.4. The first kappa shape index (κ1) is 33.3. The number of hydrogen-bond donors (Lipinski definition) is 0. The van der Waals surface area contributed by atoms with Gasteiger partial charge in [-0.1, -0.05) is 133 Å². The van der Waals surface area contributed by atoms with Crippen LogP contribution in [0.1, 0.15) is 0 Å². The van der Waals surface area contributed by atoms with E-state index in [-0.39, 0.29) is 0 Å². The number of para-hydroxylation sites is 2. The molecule has 0 aliphatic heterocycles. The summed E-state index contributed by atoms with van der Waals surface area (Å²) in [5, 5.41) is 10.4. The van der Waals surface area contributed by atoms with Gasteiger partial charge in [-0.2, -0.15) is 0 Å². The Balaban J connectivity index is 1.01. The maximum Gasteiger partial charge on any atom is 0.135 e. The lowest BCUT2D eigenvalue weighted by Gasteiger charge is -2.15. The molecule has 0 spiro atoms. The largest absolute Gasteiger partial charge is 0.456 e. The molecule has 5 aromatic heterocycles. The average molecular weight is 782 g/mol. The number of fused-ring (bicyclic) bond motifs is 13. The fourth-order valence-electron chi connectivity index (χ4n) is 9.16. The Bertz CT molecular complexity index is 3890. The smallest absolute Gasteiger partial charge is 0.135 e. The number of nitrogens with zero attached hydrogens (tertiary/aromatic N) is 3. The van der Waals surface area contributed by atoms with Crippen molar-refractivity contribution in [3.63, 3.8) is 0 Å². The van der Waals surface area contributed by atoms with Gasteiger partial charge in [-0.25, -0.2) is 15.0 Å². The highest BCUT2D eigenvalue weighted by Gasteiger charge is 2.21. The fraction of sp³-hybridized carbons (Fsp3) is 0. The lowest BCUT2D eigenvalue weighted by atomic mass is 9.91. The Labute approximate surface area is 347 Å². The van der Waals surface area contributed by atoms with Gasteiger partial charge in [-0.15, -0.1) is 11.3 Å². The Morgan fingerprint density at radius 1 is 0.383 bits per heavy atom. The standard InChI is InChI=1S/C55H31N3OS/c1-2-10-33(11-3-1)44-27-24-35-22-23-36-25-28-45(57-54(36)53(35)56-44)34-20-18-32(19-21-34)41-31-43-50(51-40-14-6-9-17-49(40)60-55(41)51)39-13-4-7-15-46(39)58-52(43)37-26-29-48-42(30-37)38-12-5-8-16-47(38)59-48/h1-31H. The van der Waals surface area contributed by atoms with Crippen molar-refractivity contribution in [2.24, 2.45) is 0 Å². The summed E-state index contributed by atoms with van der Waals surface area (Å²) in [6.07, 6.45) is 0. The molecule has 278 valence electrons. The summed E-state index contributed by atoms with van der Waals surface area (Å²) in [4.78, 5) is 15.8. The number of furan rings is 1. The maximum absolute atomic E-state index is 6.25. The monoisotopic (exact) mass is 781 g/mol. The summed E-state index contributed by atoms with van der Waals surface area (Å²) in [6, 6.07) is 66.5. The molecule has 0 aliphatic rings. The molecule has 0 atom stereocenters. The van der Waals surface area contributed by atoms with Crippen LogP contribution < -0.4 is 0 Å². The lowest BCUT2D eigenvalue weighted by molar-refractivity contribution is 0.669. The van der Waals surface area contributed by atoms with E-state index in [1.807, 2.05) is 29.5 Å². The molecule has 0 amide bonds. The van der Waals surface area contributed by atoms with E-state index in [9.17, 15) is 0 Å². The first-order valence-electron chi connectivity index (χ1n) is 20.2. The zero-order valence-electron chi connectivity index (χ0n) is 32.1. The summed E-state index contributed by atoms with van der Waals surface area (Å²) in [5.74, 6) is 0. The lowest BCUT2D eigenvalue weighted by Crippen LogP contribution is -1.92. The quantitative estimate of drug-likeness (QED) is 0.167. The van der Waals surface area contributed by atoms with Crippen molar-refractivity contribution in [3.05, 3.63) is 188 Å². The van der Waals surface area contributed by atoms with Crippen LogP contribution in [0.4, 0.5) is 0 Å². The Kier molecular flexibility index (Phi) is 7.14. The van der Waals surface area contributed by atoms with Crippen LogP contribution >= 0.6 is 11.3 Å². The number of pyridine rings is 3. The number of rotatable bonds is 4. The maximum atomic E-state index is 6.25. The topological polar surface area (TPSA) is 51.8 Å². The first-order valence-corrected chi connectivity index (χ1v) is 21.0. The van der Waals surface area contributed by atoms with Gasteiger partial charge in [0.25, 0.3) is 0 Å². The van der Waals surface area contributed by atoms with Crippen LogP contribution in [0.15, 0.2) is 192 Å². The van der Waals surface area contributed by atoms with Crippen molar-refractivity contribution in [2.45, 2.75) is 0 Å². The van der Waals surface area contributed by atoms with E-state index in [0.29, 0.717) is 0 Å². The summed E-state index contributed by atoms with van der Waals surface area (Å²) < 4.78 is 8.79. The molecule has 0 N–H and O–H groups in total. The predicted molar refractivity (Wildman–Crippen MR) is 252 cm³/mol. The number of thiophene rings is 1. The molecule has 13 rings (SSSR count). The van der Waals surface area contributed by atoms with Crippen LogP contribution in [0, 0.1) is 0 Å². The summed E-state index contributed by atoms with van der Waals surface area (Å²) in [7, 11) is 0. The summed E-state index contributed by atoms with van der Waals surface area (Å²) >= 11 is 1.86. The fourth-order valence-corrected chi connectivity index (χ4v) is 10.4. The molecule has 4 nitrogen and oxygen atoms in total. The molecule has 0 bridgehead atoms.